The molecule has 1 aliphatic rings. The molecule has 156 valence electrons. The average molecular weight is 426 g/mol. The van der Waals surface area contributed by atoms with Gasteiger partial charge >= 0.3 is 0 Å². The number of aryl methyl sites for hydroxylation is 1. The molecule has 1 aromatic heterocycles. The molecule has 1 aliphatic heterocycles. The van der Waals surface area contributed by atoms with Crippen molar-refractivity contribution in [3.05, 3.63) is 47.5 Å². The van der Waals surface area contributed by atoms with Crippen LogP contribution < -0.4 is 20.1 Å². The number of nitrogens with zero attached hydrogens (tertiary/aromatic N) is 1. The van der Waals surface area contributed by atoms with E-state index in [4.69, 9.17) is 9.47 Å². The molecule has 4 rings (SSSR count). The minimum Gasteiger partial charge on any atom is -0.486 e. The van der Waals surface area contributed by atoms with Gasteiger partial charge in [-0.3, -0.25) is 9.59 Å². The molecule has 0 saturated heterocycles. The third-order valence-corrected chi connectivity index (χ3v) is 5.77. The molecule has 30 heavy (non-hydrogen) atoms. The molecule has 2 N–H and O–H groups in total. The summed E-state index contributed by atoms with van der Waals surface area (Å²) in [6.07, 6.45) is 0. The van der Waals surface area contributed by atoms with Crippen molar-refractivity contribution < 1.29 is 19.1 Å². The first-order chi connectivity index (χ1) is 14.4. The number of rotatable bonds is 5. The van der Waals surface area contributed by atoms with Gasteiger partial charge < -0.3 is 20.1 Å². The molecule has 0 saturated carbocycles. The number of ether oxygens (including phenoxy) is 2. The number of nitrogens with one attached hydrogen (secondary N) is 2. The van der Waals surface area contributed by atoms with Gasteiger partial charge in [-0.25, -0.2) is 4.98 Å². The van der Waals surface area contributed by atoms with Crippen molar-refractivity contribution in [2.24, 2.45) is 5.92 Å². The number of thiazole rings is 1. The maximum atomic E-state index is 12.9. The molecule has 7 nitrogen and oxygen atoms in total. The van der Waals surface area contributed by atoms with Crippen molar-refractivity contribution >= 4 is 38.5 Å². The highest BCUT2D eigenvalue weighted by molar-refractivity contribution is 7.22. The summed E-state index contributed by atoms with van der Waals surface area (Å²) < 4.78 is 12.1. The standard InChI is InChI=1S/C22H23N3O4S/c1-12(2)19(24-20(26)14-6-4-13(3)5-7-14)21(27)25-22-23-15-10-16-17(11-18(15)30-22)29-9-8-28-16/h4-7,10-12,19H,8-9H2,1-3H3,(H,24,26)(H,23,25,27)/t19-/m0/s1. The summed E-state index contributed by atoms with van der Waals surface area (Å²) in [5.74, 6) is 0.655. The van der Waals surface area contributed by atoms with Crippen LogP contribution in [0.1, 0.15) is 29.8 Å². The number of aromatic nitrogens is 1. The van der Waals surface area contributed by atoms with Gasteiger partial charge in [0.05, 0.1) is 10.2 Å². The van der Waals surface area contributed by atoms with E-state index in [0.717, 1.165) is 15.8 Å². The second-order valence-corrected chi connectivity index (χ2v) is 8.56. The fraction of sp³-hybridized carbons (Fsp3) is 0.318. The van der Waals surface area contributed by atoms with E-state index < -0.39 is 6.04 Å². The van der Waals surface area contributed by atoms with Gasteiger partial charge in [-0.05, 0) is 25.0 Å². The first-order valence-corrected chi connectivity index (χ1v) is 10.6. The number of hydrogen-bond acceptors (Lipinski definition) is 6. The number of carbonyl (C=O) groups excluding carboxylic acids is 2. The summed E-state index contributed by atoms with van der Waals surface area (Å²) >= 11 is 1.35. The maximum Gasteiger partial charge on any atom is 0.251 e. The van der Waals surface area contributed by atoms with Gasteiger partial charge in [0.15, 0.2) is 16.6 Å². The monoisotopic (exact) mass is 425 g/mol. The molecule has 0 spiro atoms. The second-order valence-electron chi connectivity index (χ2n) is 7.53. The third kappa shape index (κ3) is 4.23. The Morgan fingerprint density at radius 1 is 1.07 bits per heavy atom. The maximum absolute atomic E-state index is 12.9. The van der Waals surface area contributed by atoms with Crippen LogP contribution in [-0.2, 0) is 4.79 Å². The van der Waals surface area contributed by atoms with Crippen LogP contribution in [0.2, 0.25) is 0 Å². The quantitative estimate of drug-likeness (QED) is 0.650. The Kier molecular flexibility index (Phi) is 5.59. The number of carbonyl (C=O) groups is 2. The Labute approximate surface area is 178 Å². The van der Waals surface area contributed by atoms with Crippen LogP contribution in [-0.4, -0.2) is 36.1 Å². The molecule has 0 bridgehead atoms. The lowest BCUT2D eigenvalue weighted by Crippen LogP contribution is -2.47. The highest BCUT2D eigenvalue weighted by Gasteiger charge is 2.26. The molecule has 1 atom stereocenters. The minimum atomic E-state index is -0.689. The van der Waals surface area contributed by atoms with Crippen LogP contribution in [0.25, 0.3) is 10.2 Å². The van der Waals surface area contributed by atoms with Crippen LogP contribution in [0.4, 0.5) is 5.13 Å². The van der Waals surface area contributed by atoms with E-state index in [1.807, 2.05) is 45.0 Å². The van der Waals surface area contributed by atoms with Gasteiger partial charge in [0.2, 0.25) is 5.91 Å². The Morgan fingerprint density at radius 2 is 1.73 bits per heavy atom. The Morgan fingerprint density at radius 3 is 2.40 bits per heavy atom. The number of benzene rings is 2. The van der Waals surface area contributed by atoms with Crippen LogP contribution in [0.5, 0.6) is 11.5 Å². The number of amides is 2. The van der Waals surface area contributed by atoms with E-state index >= 15 is 0 Å². The molecule has 2 heterocycles. The molecular formula is C22H23N3O4S. The minimum absolute atomic E-state index is 0.0945. The van der Waals surface area contributed by atoms with Gasteiger partial charge in [0.1, 0.15) is 19.3 Å². The molecule has 8 heteroatoms. The van der Waals surface area contributed by atoms with E-state index in [9.17, 15) is 9.59 Å². The Hall–Kier alpha value is -3.13. The molecule has 0 radical (unpaired) electrons. The molecule has 0 aliphatic carbocycles. The summed E-state index contributed by atoms with van der Waals surface area (Å²) in [5, 5.41) is 6.14. The largest absolute Gasteiger partial charge is 0.486 e. The lowest BCUT2D eigenvalue weighted by atomic mass is 10.0. The predicted molar refractivity (Wildman–Crippen MR) is 117 cm³/mol. The van der Waals surface area contributed by atoms with Crippen molar-refractivity contribution in [1.29, 1.82) is 0 Å². The first-order valence-electron chi connectivity index (χ1n) is 9.79. The van der Waals surface area contributed by atoms with E-state index in [2.05, 4.69) is 15.6 Å². The van der Waals surface area contributed by atoms with E-state index in [-0.39, 0.29) is 17.7 Å². The Bertz CT molecular complexity index is 1050. The van der Waals surface area contributed by atoms with Crippen LogP contribution in [0, 0.1) is 12.8 Å². The number of anilines is 1. The van der Waals surface area contributed by atoms with E-state index in [1.165, 1.54) is 11.3 Å². The Balaban J connectivity index is 1.50. The zero-order valence-corrected chi connectivity index (χ0v) is 17.8. The predicted octanol–water partition coefficient (Wildman–Crippen LogP) is 3.77. The normalized spacial score (nSPS) is 13.9. The van der Waals surface area contributed by atoms with Crippen molar-refractivity contribution in [1.82, 2.24) is 10.3 Å². The van der Waals surface area contributed by atoms with Gasteiger partial charge in [-0.2, -0.15) is 0 Å². The zero-order chi connectivity index (χ0) is 21.3. The van der Waals surface area contributed by atoms with Crippen molar-refractivity contribution in [3.63, 3.8) is 0 Å². The number of hydrogen-bond donors (Lipinski definition) is 2. The van der Waals surface area contributed by atoms with E-state index in [1.54, 1.807) is 12.1 Å². The lowest BCUT2D eigenvalue weighted by Gasteiger charge is -2.21. The summed E-state index contributed by atoms with van der Waals surface area (Å²) in [5.41, 5.74) is 2.31. The van der Waals surface area contributed by atoms with Crippen LogP contribution >= 0.6 is 11.3 Å². The first kappa shape index (κ1) is 20.2. The summed E-state index contributed by atoms with van der Waals surface area (Å²) in [6.45, 7) is 6.75. The second kappa shape index (κ2) is 8.31. The van der Waals surface area contributed by atoms with Crippen LogP contribution in [0.3, 0.4) is 0 Å². The van der Waals surface area contributed by atoms with Crippen molar-refractivity contribution in [2.75, 3.05) is 18.5 Å². The van der Waals surface area contributed by atoms with Crippen molar-refractivity contribution in [3.8, 4) is 11.5 Å². The van der Waals surface area contributed by atoms with Gasteiger partial charge in [-0.1, -0.05) is 42.9 Å². The highest BCUT2D eigenvalue weighted by Crippen LogP contribution is 2.37. The lowest BCUT2D eigenvalue weighted by molar-refractivity contribution is -0.118. The molecule has 0 fully saturated rings. The fourth-order valence-electron chi connectivity index (χ4n) is 3.17. The van der Waals surface area contributed by atoms with Crippen LogP contribution in [0.15, 0.2) is 36.4 Å². The molecule has 2 aromatic carbocycles. The fourth-order valence-corrected chi connectivity index (χ4v) is 4.05. The van der Waals surface area contributed by atoms with Crippen molar-refractivity contribution in [2.45, 2.75) is 26.8 Å². The smallest absolute Gasteiger partial charge is 0.251 e. The van der Waals surface area contributed by atoms with Gasteiger partial charge in [0.25, 0.3) is 5.91 Å². The van der Waals surface area contributed by atoms with E-state index in [0.29, 0.717) is 35.4 Å². The molecule has 2 amide bonds. The molecular weight excluding hydrogens is 402 g/mol. The number of fused-ring (bicyclic) bond motifs is 2. The summed E-state index contributed by atoms with van der Waals surface area (Å²) in [6, 6.07) is 10.2. The van der Waals surface area contributed by atoms with Gasteiger partial charge in [-0.15, -0.1) is 0 Å². The highest BCUT2D eigenvalue weighted by atomic mass is 32.1. The van der Waals surface area contributed by atoms with Gasteiger partial charge in [0, 0.05) is 17.7 Å². The third-order valence-electron chi connectivity index (χ3n) is 4.83. The summed E-state index contributed by atoms with van der Waals surface area (Å²) in [7, 11) is 0. The SMILES string of the molecule is Cc1ccc(C(=O)N[C@H](C(=O)Nc2nc3cc4c(cc3s2)OCCO4)C(C)C)cc1. The topological polar surface area (TPSA) is 89.6 Å². The molecule has 3 aromatic rings. The average Bonchev–Trinajstić information content (AvgIpc) is 3.11. The molecule has 0 unspecified atom stereocenters. The summed E-state index contributed by atoms with van der Waals surface area (Å²) in [4.78, 5) is 30.0. The zero-order valence-electron chi connectivity index (χ0n) is 17.0.